The van der Waals surface area contributed by atoms with E-state index in [1.54, 1.807) is 16.7 Å². The molecule has 1 saturated heterocycles. The average Bonchev–Trinajstić information content (AvgIpc) is 3.24. The van der Waals surface area contributed by atoms with Crippen molar-refractivity contribution in [2.45, 2.75) is 56.2 Å². The second-order valence-corrected chi connectivity index (χ2v) is 8.77. The van der Waals surface area contributed by atoms with E-state index >= 15 is 0 Å². The molecule has 0 saturated carbocycles. The maximum absolute atomic E-state index is 12.7. The summed E-state index contributed by atoms with van der Waals surface area (Å²) < 4.78 is 7.53. The van der Waals surface area contributed by atoms with Gasteiger partial charge in [-0.1, -0.05) is 35.5 Å². The molecule has 2 aromatic rings. The average molecular weight is 434 g/mol. The molecule has 1 aromatic heterocycles. The zero-order valence-corrected chi connectivity index (χ0v) is 17.7. The highest BCUT2D eigenvalue weighted by molar-refractivity contribution is 8.00. The van der Waals surface area contributed by atoms with Gasteiger partial charge in [-0.25, -0.2) is 4.79 Å². The lowest BCUT2D eigenvalue weighted by Crippen LogP contribution is -2.34. The first-order chi connectivity index (χ1) is 14.1. The Labute approximate surface area is 179 Å². The lowest BCUT2D eigenvalue weighted by molar-refractivity contribution is -0.113. The van der Waals surface area contributed by atoms with Crippen LogP contribution in [-0.4, -0.2) is 33.9 Å². The van der Waals surface area contributed by atoms with E-state index < -0.39 is 0 Å². The SMILES string of the molecule is O=C(CSc1nc(=O)n(CC2CCCO2)c2c1CCCC2)Nc1ccccc1Cl. The number of para-hydroxylation sites is 1. The van der Waals surface area contributed by atoms with E-state index in [0.717, 1.165) is 56.4 Å². The lowest BCUT2D eigenvalue weighted by Gasteiger charge is -2.24. The van der Waals surface area contributed by atoms with Crippen LogP contribution in [0.25, 0.3) is 0 Å². The summed E-state index contributed by atoms with van der Waals surface area (Å²) in [5.41, 5.74) is 2.53. The molecular formula is C21H24ClN3O3S. The number of thioether (sulfide) groups is 1. The quantitative estimate of drug-likeness (QED) is 0.555. The van der Waals surface area contributed by atoms with E-state index in [-0.39, 0.29) is 23.5 Å². The lowest BCUT2D eigenvalue weighted by atomic mass is 9.97. The minimum Gasteiger partial charge on any atom is -0.376 e. The second-order valence-electron chi connectivity index (χ2n) is 7.39. The number of halogens is 1. The molecule has 0 bridgehead atoms. The molecule has 1 fully saturated rings. The molecule has 1 aliphatic carbocycles. The zero-order valence-electron chi connectivity index (χ0n) is 16.2. The first kappa shape index (κ1) is 20.4. The van der Waals surface area contributed by atoms with E-state index in [2.05, 4.69) is 10.3 Å². The highest BCUT2D eigenvalue weighted by Crippen LogP contribution is 2.29. The molecule has 1 aliphatic heterocycles. The molecule has 2 heterocycles. The summed E-state index contributed by atoms with van der Waals surface area (Å²) in [5, 5.41) is 4.00. The van der Waals surface area contributed by atoms with Crippen molar-refractivity contribution >= 4 is 35.0 Å². The normalized spacial score (nSPS) is 18.4. The number of nitrogens with one attached hydrogen (secondary N) is 1. The molecule has 1 unspecified atom stereocenters. The Bertz CT molecular complexity index is 957. The van der Waals surface area contributed by atoms with Crippen LogP contribution in [0.3, 0.4) is 0 Å². The molecule has 6 nitrogen and oxygen atoms in total. The predicted octanol–water partition coefficient (Wildman–Crippen LogP) is 3.69. The summed E-state index contributed by atoms with van der Waals surface area (Å²) in [5.74, 6) is 0.0119. The topological polar surface area (TPSA) is 73.2 Å². The minimum absolute atomic E-state index is 0.0976. The number of nitrogens with zero attached hydrogens (tertiary/aromatic N) is 2. The van der Waals surface area contributed by atoms with Gasteiger partial charge in [-0.05, 0) is 50.7 Å². The van der Waals surface area contributed by atoms with Crippen molar-refractivity contribution in [1.82, 2.24) is 9.55 Å². The van der Waals surface area contributed by atoms with Crippen LogP contribution in [0.15, 0.2) is 34.1 Å². The molecule has 1 amide bonds. The van der Waals surface area contributed by atoms with Crippen LogP contribution < -0.4 is 11.0 Å². The summed E-state index contributed by atoms with van der Waals surface area (Å²) in [6, 6.07) is 7.13. The number of hydrogen-bond acceptors (Lipinski definition) is 5. The molecule has 2 aliphatic rings. The van der Waals surface area contributed by atoms with Crippen molar-refractivity contribution in [3.63, 3.8) is 0 Å². The number of aromatic nitrogens is 2. The van der Waals surface area contributed by atoms with Gasteiger partial charge in [-0.2, -0.15) is 4.98 Å². The van der Waals surface area contributed by atoms with Crippen LogP contribution >= 0.6 is 23.4 Å². The third kappa shape index (κ3) is 4.85. The van der Waals surface area contributed by atoms with Crippen LogP contribution in [0.4, 0.5) is 5.69 Å². The number of anilines is 1. The number of ether oxygens (including phenoxy) is 1. The molecule has 0 radical (unpaired) electrons. The van der Waals surface area contributed by atoms with Gasteiger partial charge in [0.1, 0.15) is 5.03 Å². The van der Waals surface area contributed by atoms with Crippen molar-refractivity contribution in [3.05, 3.63) is 51.0 Å². The Balaban J connectivity index is 1.50. The summed E-state index contributed by atoms with van der Waals surface area (Å²) in [7, 11) is 0. The summed E-state index contributed by atoms with van der Waals surface area (Å²) >= 11 is 7.42. The van der Waals surface area contributed by atoms with E-state index in [0.29, 0.717) is 22.3 Å². The van der Waals surface area contributed by atoms with E-state index in [1.165, 1.54) is 11.8 Å². The monoisotopic (exact) mass is 433 g/mol. The first-order valence-corrected chi connectivity index (χ1v) is 11.4. The molecule has 8 heteroatoms. The van der Waals surface area contributed by atoms with E-state index in [4.69, 9.17) is 16.3 Å². The highest BCUT2D eigenvalue weighted by atomic mass is 35.5. The molecule has 4 rings (SSSR count). The zero-order chi connectivity index (χ0) is 20.2. The summed E-state index contributed by atoms with van der Waals surface area (Å²) in [6.45, 7) is 1.34. The van der Waals surface area contributed by atoms with Crippen molar-refractivity contribution in [2.24, 2.45) is 0 Å². The van der Waals surface area contributed by atoms with Crippen LogP contribution in [0.2, 0.25) is 5.02 Å². The van der Waals surface area contributed by atoms with Gasteiger partial charge in [0.2, 0.25) is 5.91 Å². The molecule has 1 N–H and O–H groups in total. The third-order valence-corrected chi connectivity index (χ3v) is 6.70. The maximum atomic E-state index is 12.7. The molecule has 29 heavy (non-hydrogen) atoms. The van der Waals surface area contributed by atoms with Gasteiger partial charge in [0.25, 0.3) is 0 Å². The van der Waals surface area contributed by atoms with Gasteiger partial charge in [-0.3, -0.25) is 9.36 Å². The van der Waals surface area contributed by atoms with E-state index in [9.17, 15) is 9.59 Å². The maximum Gasteiger partial charge on any atom is 0.348 e. The van der Waals surface area contributed by atoms with Gasteiger partial charge < -0.3 is 10.1 Å². The Morgan fingerprint density at radius 2 is 2.10 bits per heavy atom. The number of amides is 1. The standard InChI is InChI=1S/C21H24ClN3O3S/c22-16-8-2-3-9-17(16)23-19(26)13-29-20-15-7-1-4-10-18(15)25(21(27)24-20)12-14-6-5-11-28-14/h2-3,8-9,14H,1,4-7,10-13H2,(H,23,26). The summed E-state index contributed by atoms with van der Waals surface area (Å²) in [6.07, 6.45) is 6.04. The van der Waals surface area contributed by atoms with Crippen molar-refractivity contribution in [2.75, 3.05) is 17.7 Å². The Morgan fingerprint density at radius 1 is 1.28 bits per heavy atom. The number of benzene rings is 1. The predicted molar refractivity (Wildman–Crippen MR) is 115 cm³/mol. The number of fused-ring (bicyclic) bond motifs is 1. The fourth-order valence-electron chi connectivity index (χ4n) is 3.93. The highest BCUT2D eigenvalue weighted by Gasteiger charge is 2.24. The number of rotatable bonds is 6. The van der Waals surface area contributed by atoms with Gasteiger partial charge in [0.05, 0.1) is 29.1 Å². The molecule has 154 valence electrons. The second kappa shape index (κ2) is 9.32. The smallest absolute Gasteiger partial charge is 0.348 e. The molecule has 0 spiro atoms. The third-order valence-electron chi connectivity index (χ3n) is 5.35. The van der Waals surface area contributed by atoms with Crippen molar-refractivity contribution in [3.8, 4) is 0 Å². The fraction of sp³-hybridized carbons (Fsp3) is 0.476. The van der Waals surface area contributed by atoms with Crippen LogP contribution in [0.1, 0.15) is 36.9 Å². The van der Waals surface area contributed by atoms with Gasteiger partial charge in [0, 0.05) is 17.9 Å². The first-order valence-electron chi connectivity index (χ1n) is 10.0. The van der Waals surface area contributed by atoms with Crippen LogP contribution in [0, 0.1) is 0 Å². The van der Waals surface area contributed by atoms with E-state index in [1.807, 2.05) is 12.1 Å². The molecule has 1 aromatic carbocycles. The fourth-order valence-corrected chi connectivity index (χ4v) is 4.99. The van der Waals surface area contributed by atoms with Gasteiger partial charge >= 0.3 is 5.69 Å². The Morgan fingerprint density at radius 3 is 2.90 bits per heavy atom. The number of carbonyl (C=O) groups is 1. The number of hydrogen-bond donors (Lipinski definition) is 1. The summed E-state index contributed by atoms with van der Waals surface area (Å²) in [4.78, 5) is 29.4. The van der Waals surface area contributed by atoms with Crippen LogP contribution in [-0.2, 0) is 28.9 Å². The number of carbonyl (C=O) groups excluding carboxylic acids is 1. The van der Waals surface area contributed by atoms with Crippen molar-refractivity contribution < 1.29 is 9.53 Å². The molecule has 1 atom stereocenters. The minimum atomic E-state index is -0.241. The van der Waals surface area contributed by atoms with Crippen molar-refractivity contribution in [1.29, 1.82) is 0 Å². The molecular weight excluding hydrogens is 410 g/mol. The largest absolute Gasteiger partial charge is 0.376 e. The Hall–Kier alpha value is -1.83. The van der Waals surface area contributed by atoms with Crippen LogP contribution in [0.5, 0.6) is 0 Å². The van der Waals surface area contributed by atoms with Gasteiger partial charge in [-0.15, -0.1) is 0 Å². The Kier molecular flexibility index (Phi) is 6.57. The van der Waals surface area contributed by atoms with Gasteiger partial charge in [0.15, 0.2) is 0 Å².